The molecule has 4 nitrogen and oxygen atoms in total. The Morgan fingerprint density at radius 3 is 2.94 bits per heavy atom. The first-order valence-electron chi connectivity index (χ1n) is 5.05. The minimum absolute atomic E-state index is 0. The molecule has 0 amide bonds. The van der Waals surface area contributed by atoms with Crippen molar-refractivity contribution in [1.82, 2.24) is 4.98 Å². The predicted octanol–water partition coefficient (Wildman–Crippen LogP) is 3.31. The molecule has 7 heteroatoms. The second kappa shape index (κ2) is 6.82. The molecule has 0 saturated carbocycles. The van der Waals surface area contributed by atoms with Crippen LogP contribution in [0.25, 0.3) is 10.8 Å². The molecule has 98 valence electrons. The van der Waals surface area contributed by atoms with Gasteiger partial charge in [-0.25, -0.2) is 4.98 Å². The number of amidine groups is 1. The van der Waals surface area contributed by atoms with E-state index in [1.54, 1.807) is 18.4 Å². The smallest absolute Gasteiger partial charge is 0.162 e. The number of aryl methyl sites for hydroxylation is 1. The van der Waals surface area contributed by atoms with E-state index in [0.717, 1.165) is 28.0 Å². The van der Waals surface area contributed by atoms with Crippen LogP contribution in [0, 0.1) is 6.92 Å². The van der Waals surface area contributed by atoms with Crippen molar-refractivity contribution < 1.29 is 4.42 Å². The average molecular weight is 304 g/mol. The van der Waals surface area contributed by atoms with Gasteiger partial charge in [-0.3, -0.25) is 4.99 Å². The van der Waals surface area contributed by atoms with E-state index >= 15 is 0 Å². The van der Waals surface area contributed by atoms with Crippen LogP contribution in [-0.4, -0.2) is 17.2 Å². The first kappa shape index (κ1) is 15.1. The summed E-state index contributed by atoms with van der Waals surface area (Å²) in [6.45, 7) is 1.92. The molecule has 2 rings (SSSR count). The van der Waals surface area contributed by atoms with Crippen LogP contribution in [-0.2, 0) is 5.75 Å². The van der Waals surface area contributed by atoms with Crippen molar-refractivity contribution in [3.05, 3.63) is 29.0 Å². The summed E-state index contributed by atoms with van der Waals surface area (Å²) in [6.07, 6.45) is 0. The Balaban J connectivity index is 0.00000162. The molecule has 0 aliphatic heterocycles. The Hall–Kier alpha value is -0.980. The van der Waals surface area contributed by atoms with E-state index in [0.29, 0.717) is 5.17 Å². The fourth-order valence-corrected chi connectivity index (χ4v) is 2.71. The van der Waals surface area contributed by atoms with Crippen molar-refractivity contribution in [2.45, 2.75) is 12.7 Å². The summed E-state index contributed by atoms with van der Waals surface area (Å²) < 4.78 is 5.52. The predicted molar refractivity (Wildman–Crippen MR) is 80.6 cm³/mol. The normalized spacial score (nSPS) is 11.3. The molecule has 0 unspecified atom stereocenters. The van der Waals surface area contributed by atoms with Crippen LogP contribution in [0.2, 0.25) is 0 Å². The Labute approximate surface area is 120 Å². The van der Waals surface area contributed by atoms with Gasteiger partial charge < -0.3 is 10.2 Å². The van der Waals surface area contributed by atoms with Crippen LogP contribution < -0.4 is 5.73 Å². The quantitative estimate of drug-likeness (QED) is 0.698. The molecule has 2 aromatic rings. The highest BCUT2D eigenvalue weighted by molar-refractivity contribution is 8.13. The topological polar surface area (TPSA) is 64.4 Å². The molecule has 0 bridgehead atoms. The maximum atomic E-state index is 5.61. The van der Waals surface area contributed by atoms with E-state index in [4.69, 9.17) is 10.2 Å². The molecule has 0 spiro atoms. The molecular weight excluding hydrogens is 290 g/mol. The van der Waals surface area contributed by atoms with Crippen molar-refractivity contribution in [3.63, 3.8) is 0 Å². The number of hydrogen-bond acceptors (Lipinski definition) is 5. The molecule has 0 fully saturated rings. The molecular formula is C11H14ClN3OS2. The number of nitrogens with two attached hydrogens (primary N) is 1. The zero-order chi connectivity index (χ0) is 12.3. The fraction of sp³-hybridized carbons (Fsp3) is 0.273. The highest BCUT2D eigenvalue weighted by atomic mass is 35.5. The van der Waals surface area contributed by atoms with Crippen LogP contribution in [0.15, 0.2) is 26.9 Å². The largest absolute Gasteiger partial charge is 0.459 e. The van der Waals surface area contributed by atoms with Gasteiger partial charge in [0.25, 0.3) is 0 Å². The zero-order valence-corrected chi connectivity index (χ0v) is 12.5. The zero-order valence-electron chi connectivity index (χ0n) is 10.0. The molecule has 0 aliphatic carbocycles. The molecule has 0 aromatic carbocycles. The summed E-state index contributed by atoms with van der Waals surface area (Å²) >= 11 is 3.06. The molecule has 2 N–H and O–H groups in total. The van der Waals surface area contributed by atoms with Crippen molar-refractivity contribution in [3.8, 4) is 10.8 Å². The Morgan fingerprint density at radius 1 is 1.56 bits per heavy atom. The van der Waals surface area contributed by atoms with E-state index in [1.807, 2.05) is 24.4 Å². The second-order valence-corrected chi connectivity index (χ2v) is 5.26. The Bertz CT molecular complexity index is 536. The summed E-state index contributed by atoms with van der Waals surface area (Å²) in [5.74, 6) is 2.45. The third kappa shape index (κ3) is 3.76. The molecule has 2 heterocycles. The number of thioether (sulfide) groups is 1. The van der Waals surface area contributed by atoms with Gasteiger partial charge in [0.2, 0.25) is 0 Å². The lowest BCUT2D eigenvalue weighted by Crippen LogP contribution is -2.06. The average Bonchev–Trinajstić information content (AvgIpc) is 2.94. The molecule has 18 heavy (non-hydrogen) atoms. The minimum Gasteiger partial charge on any atom is -0.459 e. The summed E-state index contributed by atoms with van der Waals surface area (Å²) in [5.41, 5.74) is 6.61. The molecule has 0 atom stereocenters. The minimum atomic E-state index is 0. The number of halogens is 1. The van der Waals surface area contributed by atoms with E-state index in [2.05, 4.69) is 9.98 Å². The third-order valence-electron chi connectivity index (χ3n) is 2.09. The summed E-state index contributed by atoms with van der Waals surface area (Å²) in [5, 5.41) is 3.50. The first-order chi connectivity index (χ1) is 8.19. The lowest BCUT2D eigenvalue weighted by Gasteiger charge is -1.95. The Morgan fingerprint density at radius 2 is 2.33 bits per heavy atom. The molecule has 0 aliphatic rings. The number of rotatable bonds is 3. The van der Waals surface area contributed by atoms with Crippen molar-refractivity contribution in [2.24, 2.45) is 10.7 Å². The standard InChI is InChI=1S/C11H13N3OS2.ClH/c1-7-3-4-9(15-7)10-14-8(5-16-10)6-17-11(12)13-2;/h3-5H,6H2,1-2H3,(H2,12,13);1H. The van der Waals surface area contributed by atoms with Gasteiger partial charge in [-0.05, 0) is 19.1 Å². The molecule has 2 aromatic heterocycles. The van der Waals surface area contributed by atoms with Crippen LogP contribution in [0.1, 0.15) is 11.5 Å². The van der Waals surface area contributed by atoms with Crippen molar-refractivity contribution in [2.75, 3.05) is 7.05 Å². The Kier molecular flexibility index (Phi) is 5.71. The van der Waals surface area contributed by atoms with Gasteiger partial charge in [0.1, 0.15) is 5.76 Å². The fourth-order valence-electron chi connectivity index (χ4n) is 1.25. The summed E-state index contributed by atoms with van der Waals surface area (Å²) in [7, 11) is 1.68. The molecule has 0 saturated heterocycles. The van der Waals surface area contributed by atoms with Gasteiger partial charge in [-0.1, -0.05) is 11.8 Å². The number of furan rings is 1. The van der Waals surface area contributed by atoms with Crippen LogP contribution in [0.4, 0.5) is 0 Å². The van der Waals surface area contributed by atoms with Crippen LogP contribution >= 0.6 is 35.5 Å². The van der Waals surface area contributed by atoms with Gasteiger partial charge in [-0.2, -0.15) is 0 Å². The second-order valence-electron chi connectivity index (χ2n) is 3.40. The number of aliphatic imine (C=N–C) groups is 1. The molecule has 0 radical (unpaired) electrons. The van der Waals surface area contributed by atoms with E-state index in [9.17, 15) is 0 Å². The van der Waals surface area contributed by atoms with Crippen molar-refractivity contribution in [1.29, 1.82) is 0 Å². The number of thiazole rings is 1. The summed E-state index contributed by atoms with van der Waals surface area (Å²) in [4.78, 5) is 8.38. The first-order valence-corrected chi connectivity index (χ1v) is 6.92. The highest BCUT2D eigenvalue weighted by Gasteiger charge is 2.08. The van der Waals surface area contributed by atoms with Gasteiger partial charge in [0.05, 0.1) is 5.69 Å². The van der Waals surface area contributed by atoms with E-state index in [-0.39, 0.29) is 12.4 Å². The summed E-state index contributed by atoms with van der Waals surface area (Å²) in [6, 6.07) is 3.87. The monoisotopic (exact) mass is 303 g/mol. The number of nitrogens with zero attached hydrogens (tertiary/aromatic N) is 2. The lowest BCUT2D eigenvalue weighted by molar-refractivity contribution is 0.548. The number of hydrogen-bond donors (Lipinski definition) is 1. The van der Waals surface area contributed by atoms with Gasteiger partial charge in [-0.15, -0.1) is 23.7 Å². The highest BCUT2D eigenvalue weighted by Crippen LogP contribution is 2.26. The maximum Gasteiger partial charge on any atom is 0.162 e. The lowest BCUT2D eigenvalue weighted by atomic mass is 10.4. The van der Waals surface area contributed by atoms with E-state index in [1.165, 1.54) is 11.8 Å². The SMILES string of the molecule is CN=C(N)SCc1csc(-c2ccc(C)o2)n1.Cl. The van der Waals surface area contributed by atoms with E-state index < -0.39 is 0 Å². The third-order valence-corrected chi connectivity index (χ3v) is 3.92. The van der Waals surface area contributed by atoms with Gasteiger partial charge >= 0.3 is 0 Å². The van der Waals surface area contributed by atoms with Gasteiger partial charge in [0.15, 0.2) is 15.9 Å². The van der Waals surface area contributed by atoms with Crippen LogP contribution in [0.5, 0.6) is 0 Å². The van der Waals surface area contributed by atoms with Crippen LogP contribution in [0.3, 0.4) is 0 Å². The number of aromatic nitrogens is 1. The maximum absolute atomic E-state index is 5.61. The van der Waals surface area contributed by atoms with Gasteiger partial charge in [0, 0.05) is 18.2 Å². The van der Waals surface area contributed by atoms with Crippen molar-refractivity contribution >= 4 is 40.7 Å².